The number of rotatable bonds is 3. The van der Waals surface area contributed by atoms with Gasteiger partial charge in [-0.3, -0.25) is 4.79 Å². The average Bonchev–Trinajstić information content (AvgIpc) is 2.05. The number of hydrogen-bond acceptors (Lipinski definition) is 1. The van der Waals surface area contributed by atoms with E-state index in [1.807, 2.05) is 0 Å². The molecule has 0 radical (unpaired) electrons. The van der Waals surface area contributed by atoms with E-state index in [1.165, 1.54) is 25.7 Å². The highest BCUT2D eigenvalue weighted by molar-refractivity contribution is 5.76. The van der Waals surface area contributed by atoms with Crippen molar-refractivity contribution in [1.82, 2.24) is 0 Å². The Morgan fingerprint density at radius 3 is 2.83 bits per heavy atom. The quantitative estimate of drug-likeness (QED) is 0.690. The third-order valence-electron chi connectivity index (χ3n) is 2.88. The Hall–Kier alpha value is -0.530. The Balaban J connectivity index is 2.35. The lowest BCUT2D eigenvalue weighted by Gasteiger charge is -2.26. The van der Waals surface area contributed by atoms with Crippen LogP contribution in [-0.4, -0.2) is 5.91 Å². The summed E-state index contributed by atoms with van der Waals surface area (Å²) in [5, 5.41) is 0. The molecule has 0 saturated heterocycles. The first-order valence-corrected chi connectivity index (χ1v) is 5.03. The Morgan fingerprint density at radius 2 is 2.25 bits per heavy atom. The van der Waals surface area contributed by atoms with E-state index in [2.05, 4.69) is 6.92 Å². The molecule has 70 valence electrons. The molecule has 1 aliphatic rings. The van der Waals surface area contributed by atoms with Crippen molar-refractivity contribution in [1.29, 1.82) is 0 Å². The largest absolute Gasteiger partial charge is 0.369 e. The molecule has 0 bridgehead atoms. The van der Waals surface area contributed by atoms with E-state index in [0.29, 0.717) is 0 Å². The third-order valence-corrected chi connectivity index (χ3v) is 2.88. The van der Waals surface area contributed by atoms with Crippen LogP contribution >= 0.6 is 0 Å². The van der Waals surface area contributed by atoms with Gasteiger partial charge >= 0.3 is 0 Å². The minimum atomic E-state index is -0.0872. The van der Waals surface area contributed by atoms with E-state index in [4.69, 9.17) is 5.73 Å². The molecule has 0 spiro atoms. The molecule has 1 rings (SSSR count). The predicted octanol–water partition coefficient (Wildman–Crippen LogP) is 2.08. The van der Waals surface area contributed by atoms with Gasteiger partial charge in [0.1, 0.15) is 0 Å². The lowest BCUT2D eigenvalue weighted by atomic mass is 9.79. The third kappa shape index (κ3) is 2.50. The van der Waals surface area contributed by atoms with Gasteiger partial charge in [0.2, 0.25) is 5.91 Å². The zero-order chi connectivity index (χ0) is 8.97. The molecule has 0 heterocycles. The molecule has 0 aliphatic heterocycles. The fourth-order valence-electron chi connectivity index (χ4n) is 2.22. The predicted molar refractivity (Wildman–Crippen MR) is 49.6 cm³/mol. The van der Waals surface area contributed by atoms with E-state index < -0.39 is 0 Å². The summed E-state index contributed by atoms with van der Waals surface area (Å²) in [5.41, 5.74) is 5.29. The van der Waals surface area contributed by atoms with Crippen molar-refractivity contribution >= 4 is 5.91 Å². The highest BCUT2D eigenvalue weighted by Crippen LogP contribution is 2.31. The van der Waals surface area contributed by atoms with Gasteiger partial charge < -0.3 is 5.73 Å². The molecule has 0 aromatic rings. The van der Waals surface area contributed by atoms with Gasteiger partial charge in [-0.1, -0.05) is 32.6 Å². The highest BCUT2D eigenvalue weighted by Gasteiger charge is 2.24. The van der Waals surface area contributed by atoms with E-state index >= 15 is 0 Å². The smallest absolute Gasteiger partial charge is 0.220 e. The maximum Gasteiger partial charge on any atom is 0.220 e. The van der Waals surface area contributed by atoms with Crippen molar-refractivity contribution in [3.05, 3.63) is 0 Å². The molecule has 2 nitrogen and oxygen atoms in total. The number of primary amides is 1. The Morgan fingerprint density at radius 1 is 1.50 bits per heavy atom. The summed E-state index contributed by atoms with van der Waals surface area (Å²) in [7, 11) is 0. The number of carbonyl (C=O) groups excluding carboxylic acids is 1. The summed E-state index contributed by atoms with van der Waals surface area (Å²) in [6.07, 6.45) is 7.06. The fourth-order valence-corrected chi connectivity index (χ4v) is 2.22. The minimum absolute atomic E-state index is 0.0872. The number of hydrogen-bond donors (Lipinski definition) is 1. The van der Waals surface area contributed by atoms with Crippen LogP contribution in [0.1, 0.15) is 45.4 Å². The molecule has 0 aromatic carbocycles. The molecule has 2 heteroatoms. The van der Waals surface area contributed by atoms with E-state index in [-0.39, 0.29) is 11.8 Å². The minimum Gasteiger partial charge on any atom is -0.369 e. The monoisotopic (exact) mass is 169 g/mol. The van der Waals surface area contributed by atoms with Crippen LogP contribution in [0.5, 0.6) is 0 Å². The topological polar surface area (TPSA) is 43.1 Å². The first kappa shape index (κ1) is 9.56. The molecule has 1 amide bonds. The normalized spacial score (nSPS) is 30.1. The molecule has 2 N–H and O–H groups in total. The van der Waals surface area contributed by atoms with Crippen LogP contribution in [-0.2, 0) is 4.79 Å². The first-order valence-electron chi connectivity index (χ1n) is 5.03. The molecular formula is C10H19NO. The van der Waals surface area contributed by atoms with Gasteiger partial charge in [-0.25, -0.2) is 0 Å². The average molecular weight is 169 g/mol. The van der Waals surface area contributed by atoms with Crippen molar-refractivity contribution in [2.24, 2.45) is 17.6 Å². The summed E-state index contributed by atoms with van der Waals surface area (Å²) in [6, 6.07) is 0. The van der Waals surface area contributed by atoms with Gasteiger partial charge in [-0.2, -0.15) is 0 Å². The summed E-state index contributed by atoms with van der Waals surface area (Å²) in [6.45, 7) is 2.20. The van der Waals surface area contributed by atoms with Crippen LogP contribution in [0, 0.1) is 11.8 Å². The SMILES string of the molecule is CCCC1CCCC(C(N)=O)C1. The Bertz CT molecular complexity index is 154. The first-order chi connectivity index (χ1) is 5.74. The van der Waals surface area contributed by atoms with Crippen molar-refractivity contribution in [3.8, 4) is 0 Å². The van der Waals surface area contributed by atoms with Crippen LogP contribution < -0.4 is 5.73 Å². The molecule has 2 atom stereocenters. The molecule has 0 aromatic heterocycles. The zero-order valence-corrected chi connectivity index (χ0v) is 7.88. The lowest BCUT2D eigenvalue weighted by molar-refractivity contribution is -0.123. The number of nitrogens with two attached hydrogens (primary N) is 1. The molecule has 1 saturated carbocycles. The molecule has 12 heavy (non-hydrogen) atoms. The second-order valence-corrected chi connectivity index (χ2v) is 3.92. The van der Waals surface area contributed by atoms with Gasteiger partial charge in [-0.05, 0) is 18.8 Å². The van der Waals surface area contributed by atoms with Gasteiger partial charge in [-0.15, -0.1) is 0 Å². The van der Waals surface area contributed by atoms with Gasteiger partial charge in [0.05, 0.1) is 0 Å². The van der Waals surface area contributed by atoms with Gasteiger partial charge in [0, 0.05) is 5.92 Å². The standard InChI is InChI=1S/C10H19NO/c1-2-4-8-5-3-6-9(7-8)10(11)12/h8-9H,2-7H2,1H3,(H2,11,12). The Labute approximate surface area is 74.5 Å². The second-order valence-electron chi connectivity index (χ2n) is 3.92. The highest BCUT2D eigenvalue weighted by atomic mass is 16.1. The van der Waals surface area contributed by atoms with Crippen molar-refractivity contribution < 1.29 is 4.79 Å². The maximum atomic E-state index is 10.9. The molecular weight excluding hydrogens is 150 g/mol. The summed E-state index contributed by atoms with van der Waals surface area (Å²) in [4.78, 5) is 10.9. The van der Waals surface area contributed by atoms with Gasteiger partial charge in [0.25, 0.3) is 0 Å². The fraction of sp³-hybridized carbons (Fsp3) is 0.900. The second kappa shape index (κ2) is 4.48. The summed E-state index contributed by atoms with van der Waals surface area (Å²) >= 11 is 0. The number of carbonyl (C=O) groups is 1. The molecule has 1 aliphatic carbocycles. The van der Waals surface area contributed by atoms with Crippen LogP contribution in [0.2, 0.25) is 0 Å². The van der Waals surface area contributed by atoms with Crippen molar-refractivity contribution in [2.45, 2.75) is 45.4 Å². The maximum absolute atomic E-state index is 10.9. The molecule has 2 unspecified atom stereocenters. The molecule has 1 fully saturated rings. The summed E-state index contributed by atoms with van der Waals surface area (Å²) < 4.78 is 0. The zero-order valence-electron chi connectivity index (χ0n) is 7.88. The van der Waals surface area contributed by atoms with Crippen LogP contribution in [0.15, 0.2) is 0 Å². The van der Waals surface area contributed by atoms with Gasteiger partial charge in [0.15, 0.2) is 0 Å². The van der Waals surface area contributed by atoms with Crippen LogP contribution in [0.3, 0.4) is 0 Å². The van der Waals surface area contributed by atoms with Crippen molar-refractivity contribution in [3.63, 3.8) is 0 Å². The summed E-state index contributed by atoms with van der Waals surface area (Å²) in [5.74, 6) is 0.854. The lowest BCUT2D eigenvalue weighted by Crippen LogP contribution is -2.28. The Kier molecular flexibility index (Phi) is 3.57. The van der Waals surface area contributed by atoms with Crippen LogP contribution in [0.25, 0.3) is 0 Å². The van der Waals surface area contributed by atoms with Crippen LogP contribution in [0.4, 0.5) is 0 Å². The number of amides is 1. The van der Waals surface area contributed by atoms with E-state index in [1.54, 1.807) is 0 Å². The van der Waals surface area contributed by atoms with E-state index in [0.717, 1.165) is 18.8 Å². The van der Waals surface area contributed by atoms with E-state index in [9.17, 15) is 4.79 Å². The van der Waals surface area contributed by atoms with Crippen molar-refractivity contribution in [2.75, 3.05) is 0 Å².